The molecule has 74 valence electrons. The van der Waals surface area contributed by atoms with Gasteiger partial charge in [-0.05, 0) is 28.1 Å². The summed E-state index contributed by atoms with van der Waals surface area (Å²) in [6.45, 7) is 1.65. The summed E-state index contributed by atoms with van der Waals surface area (Å²) < 4.78 is 0. The predicted molar refractivity (Wildman–Crippen MR) is 54.3 cm³/mol. The number of nitrogens with zero attached hydrogens (tertiary/aromatic N) is 1. The first-order valence-corrected chi connectivity index (χ1v) is 3.39. The Bertz CT molecular complexity index is 51.1. The van der Waals surface area contributed by atoms with Crippen molar-refractivity contribution in [2.75, 3.05) is 27.0 Å². The maximum Gasteiger partial charge on any atom is 0.0647 e. The molecule has 0 aromatic rings. The molecule has 0 aromatic heterocycles. The van der Waals surface area contributed by atoms with E-state index in [9.17, 15) is 0 Å². The number of rotatable bonds is 1. The first-order valence-electron chi connectivity index (χ1n) is 2.85. The number of halogens is 2. The Labute approximate surface area is 80.7 Å². The van der Waals surface area contributed by atoms with Gasteiger partial charge in [0.15, 0.2) is 0 Å². The van der Waals surface area contributed by atoms with E-state index in [-0.39, 0.29) is 24.7 Å². The van der Waals surface area contributed by atoms with E-state index in [1.807, 2.05) is 26.0 Å². The van der Waals surface area contributed by atoms with E-state index >= 15 is 0 Å². The van der Waals surface area contributed by atoms with Crippen molar-refractivity contribution in [1.82, 2.24) is 11.1 Å². The molecule has 0 aromatic carbocycles. The number of hydrogen-bond acceptors (Lipinski definition) is 3. The molecule has 1 unspecified atom stereocenters. The van der Waals surface area contributed by atoms with Crippen LogP contribution in [0.25, 0.3) is 0 Å². The highest BCUT2D eigenvalue weighted by atomic mass is 35.5. The lowest BCUT2D eigenvalue weighted by atomic mass is 10.5. The van der Waals surface area contributed by atoms with Crippen LogP contribution < -0.4 is 6.15 Å². The van der Waals surface area contributed by atoms with Gasteiger partial charge in [0.05, 0.1) is 6.10 Å². The van der Waals surface area contributed by atoms with Gasteiger partial charge in [0.1, 0.15) is 0 Å². The van der Waals surface area contributed by atoms with E-state index in [0.29, 0.717) is 5.88 Å². The van der Waals surface area contributed by atoms with Crippen LogP contribution in [0.4, 0.5) is 0 Å². The summed E-state index contributed by atoms with van der Waals surface area (Å²) in [5, 5.41) is 8.23. The van der Waals surface area contributed by atoms with Crippen LogP contribution in [-0.2, 0) is 0 Å². The Morgan fingerprint density at radius 2 is 1.45 bits per heavy atom. The van der Waals surface area contributed by atoms with E-state index in [1.54, 1.807) is 6.92 Å². The summed E-state index contributed by atoms with van der Waals surface area (Å²) >= 11 is 5.09. The second-order valence-electron chi connectivity index (χ2n) is 2.34. The van der Waals surface area contributed by atoms with Crippen molar-refractivity contribution < 1.29 is 5.11 Å². The van der Waals surface area contributed by atoms with Gasteiger partial charge in [0, 0.05) is 5.88 Å². The van der Waals surface area contributed by atoms with Crippen LogP contribution in [0.5, 0.6) is 0 Å². The van der Waals surface area contributed by atoms with Crippen LogP contribution in [0, 0.1) is 0 Å². The minimum Gasteiger partial charge on any atom is -0.392 e. The van der Waals surface area contributed by atoms with Gasteiger partial charge in [-0.3, -0.25) is 0 Å². The van der Waals surface area contributed by atoms with E-state index in [1.165, 1.54) is 0 Å². The molecule has 0 aliphatic heterocycles. The van der Waals surface area contributed by atoms with Crippen molar-refractivity contribution in [2.24, 2.45) is 0 Å². The Hall–Kier alpha value is 0.460. The van der Waals surface area contributed by atoms with Crippen LogP contribution in [0.3, 0.4) is 0 Å². The molecule has 0 bridgehead atoms. The molecular weight excluding hydrogens is 187 g/mol. The van der Waals surface area contributed by atoms with E-state index in [4.69, 9.17) is 16.7 Å². The molecule has 0 amide bonds. The van der Waals surface area contributed by atoms with Gasteiger partial charge in [-0.15, -0.1) is 24.0 Å². The van der Waals surface area contributed by atoms with Crippen LogP contribution in [0.2, 0.25) is 0 Å². The van der Waals surface area contributed by atoms with E-state index in [2.05, 4.69) is 0 Å². The minimum absolute atomic E-state index is 0. The van der Waals surface area contributed by atoms with Gasteiger partial charge in [-0.25, -0.2) is 0 Å². The molecular formula is C6H20Cl2N2O. The summed E-state index contributed by atoms with van der Waals surface area (Å²) in [5.41, 5.74) is 0. The summed E-state index contributed by atoms with van der Waals surface area (Å²) in [7, 11) is 6.00. The second kappa shape index (κ2) is 16.8. The van der Waals surface area contributed by atoms with Gasteiger partial charge in [0.25, 0.3) is 0 Å². The first-order chi connectivity index (χ1) is 4.00. The van der Waals surface area contributed by atoms with E-state index in [0.717, 1.165) is 0 Å². The fourth-order valence-corrected chi connectivity index (χ4v) is 0. The quantitative estimate of drug-likeness (QED) is 0.638. The topological polar surface area (TPSA) is 58.5 Å². The normalized spacial score (nSPS) is 10.1. The zero-order chi connectivity index (χ0) is 7.86. The number of aliphatic hydroxyl groups excluding tert-OH is 1. The summed E-state index contributed by atoms with van der Waals surface area (Å²) in [4.78, 5) is 2.00. The molecule has 5 heteroatoms. The maximum absolute atomic E-state index is 8.23. The molecule has 0 saturated heterocycles. The molecule has 3 nitrogen and oxygen atoms in total. The zero-order valence-corrected chi connectivity index (χ0v) is 9.24. The first kappa shape index (κ1) is 22.5. The van der Waals surface area contributed by atoms with Gasteiger partial charge in [-0.2, -0.15) is 0 Å². The number of hydrogen-bond donors (Lipinski definition) is 2. The van der Waals surface area contributed by atoms with Crippen molar-refractivity contribution in [3.63, 3.8) is 0 Å². The standard InChI is InChI=1S/C3H7ClO.C3H9N.ClH.H3N/c1-3(5)2-4;1-4(2)3;;/h3,5H,2H2,1H3;1-3H3;1H;1H3. The Balaban J connectivity index is -0.0000000383. The monoisotopic (exact) mass is 206 g/mol. The maximum atomic E-state index is 8.23. The molecule has 11 heavy (non-hydrogen) atoms. The molecule has 0 heterocycles. The minimum atomic E-state index is -0.350. The third-order valence-corrected chi connectivity index (χ3v) is 0.670. The summed E-state index contributed by atoms with van der Waals surface area (Å²) in [6.07, 6.45) is -0.350. The average Bonchev–Trinajstić information content (AvgIpc) is 1.65. The molecule has 0 fully saturated rings. The van der Waals surface area contributed by atoms with Gasteiger partial charge < -0.3 is 16.2 Å². The Kier molecular flexibility index (Phi) is 34.5. The average molecular weight is 207 g/mol. The van der Waals surface area contributed by atoms with Crippen molar-refractivity contribution in [1.29, 1.82) is 0 Å². The fraction of sp³-hybridized carbons (Fsp3) is 1.00. The van der Waals surface area contributed by atoms with Crippen molar-refractivity contribution in [3.8, 4) is 0 Å². The lowest BCUT2D eigenvalue weighted by molar-refractivity contribution is 0.219. The molecule has 0 saturated carbocycles. The third kappa shape index (κ3) is 124. The fourth-order valence-electron chi connectivity index (χ4n) is 0. The molecule has 0 aliphatic carbocycles. The van der Waals surface area contributed by atoms with Crippen molar-refractivity contribution >= 4 is 24.0 Å². The van der Waals surface area contributed by atoms with Crippen molar-refractivity contribution in [2.45, 2.75) is 13.0 Å². The summed E-state index contributed by atoms with van der Waals surface area (Å²) in [6, 6.07) is 0. The predicted octanol–water partition coefficient (Wildman–Crippen LogP) is 1.37. The molecule has 0 radical (unpaired) electrons. The highest BCUT2D eigenvalue weighted by Gasteiger charge is 1.83. The SMILES string of the molecule is CC(O)CCl.CN(C)C.Cl.N. The Morgan fingerprint density at radius 1 is 1.36 bits per heavy atom. The van der Waals surface area contributed by atoms with Crippen LogP contribution in [0.15, 0.2) is 0 Å². The molecule has 0 spiro atoms. The largest absolute Gasteiger partial charge is 0.392 e. The summed E-state index contributed by atoms with van der Waals surface area (Å²) in [5.74, 6) is 0.333. The molecule has 4 N–H and O–H groups in total. The number of alkyl halides is 1. The highest BCUT2D eigenvalue weighted by Crippen LogP contribution is 1.80. The third-order valence-electron chi connectivity index (χ3n) is 0.223. The van der Waals surface area contributed by atoms with Crippen molar-refractivity contribution in [3.05, 3.63) is 0 Å². The molecule has 1 atom stereocenters. The highest BCUT2D eigenvalue weighted by molar-refractivity contribution is 6.18. The lowest BCUT2D eigenvalue weighted by Crippen LogP contribution is -1.99. The number of aliphatic hydroxyl groups is 1. The van der Waals surface area contributed by atoms with Gasteiger partial charge in [0.2, 0.25) is 0 Å². The second-order valence-corrected chi connectivity index (χ2v) is 2.65. The van der Waals surface area contributed by atoms with Crippen LogP contribution >= 0.6 is 24.0 Å². The molecule has 0 aliphatic rings. The Morgan fingerprint density at radius 3 is 1.45 bits per heavy atom. The lowest BCUT2D eigenvalue weighted by Gasteiger charge is -1.90. The van der Waals surface area contributed by atoms with Crippen LogP contribution in [0.1, 0.15) is 6.92 Å². The van der Waals surface area contributed by atoms with E-state index < -0.39 is 0 Å². The molecule has 0 rings (SSSR count). The van der Waals surface area contributed by atoms with Crippen LogP contribution in [-0.4, -0.2) is 43.1 Å². The smallest absolute Gasteiger partial charge is 0.0647 e. The van der Waals surface area contributed by atoms with Gasteiger partial charge >= 0.3 is 0 Å². The zero-order valence-electron chi connectivity index (χ0n) is 7.67. The van der Waals surface area contributed by atoms with Gasteiger partial charge in [-0.1, -0.05) is 0 Å².